The molecule has 0 N–H and O–H groups in total. The molecule has 0 saturated carbocycles. The number of rotatable bonds is 3. The van der Waals surface area contributed by atoms with Gasteiger partial charge in [0.1, 0.15) is 0 Å². The normalized spacial score (nSPS) is 13.6. The summed E-state index contributed by atoms with van der Waals surface area (Å²) in [5.74, 6) is 0. The van der Waals surface area contributed by atoms with Crippen LogP contribution >= 0.6 is 0 Å². The zero-order valence-corrected chi connectivity index (χ0v) is 7.61. The van der Waals surface area contributed by atoms with Gasteiger partial charge in [0.2, 0.25) is 0 Å². The molecule has 0 atom stereocenters. The van der Waals surface area contributed by atoms with Crippen molar-refractivity contribution in [3.63, 3.8) is 0 Å². The van der Waals surface area contributed by atoms with E-state index < -0.39 is 0 Å². The SMILES string of the molecule is [CH]1C=CC=C1CCc1ccccc1.[LiH]. The summed E-state index contributed by atoms with van der Waals surface area (Å²) >= 11 is 0. The van der Waals surface area contributed by atoms with E-state index in [1.54, 1.807) is 0 Å². The Balaban J connectivity index is 0.000000980. The molecule has 67 valence electrons. The average molecular weight is 177 g/mol. The third-order valence-electron chi connectivity index (χ3n) is 2.28. The van der Waals surface area contributed by atoms with E-state index in [9.17, 15) is 0 Å². The molecule has 0 aliphatic heterocycles. The van der Waals surface area contributed by atoms with Crippen molar-refractivity contribution in [3.05, 3.63) is 66.1 Å². The maximum atomic E-state index is 2.18. The van der Waals surface area contributed by atoms with Gasteiger partial charge >= 0.3 is 18.9 Å². The van der Waals surface area contributed by atoms with Crippen LogP contribution < -0.4 is 0 Å². The second kappa shape index (κ2) is 5.91. The van der Waals surface area contributed by atoms with Gasteiger partial charge in [-0.2, -0.15) is 0 Å². The number of benzene rings is 1. The molecule has 0 amide bonds. The van der Waals surface area contributed by atoms with E-state index in [1.807, 2.05) is 0 Å². The van der Waals surface area contributed by atoms with Crippen LogP contribution in [0.25, 0.3) is 0 Å². The third-order valence-corrected chi connectivity index (χ3v) is 2.28. The topological polar surface area (TPSA) is 0 Å². The third kappa shape index (κ3) is 3.22. The molecule has 1 heteroatoms. The predicted molar refractivity (Wildman–Crippen MR) is 63.4 cm³/mol. The van der Waals surface area contributed by atoms with Crippen molar-refractivity contribution in [3.8, 4) is 0 Å². The van der Waals surface area contributed by atoms with Crippen LogP contribution in [0.2, 0.25) is 0 Å². The maximum absolute atomic E-state index is 2.18. The van der Waals surface area contributed by atoms with E-state index in [1.165, 1.54) is 11.1 Å². The molecule has 0 heterocycles. The molecule has 1 radical (unpaired) electrons. The summed E-state index contributed by atoms with van der Waals surface area (Å²) in [5, 5.41) is 0. The molecular formula is C13H14Li. The molecule has 0 unspecified atom stereocenters. The molecule has 1 aromatic rings. The van der Waals surface area contributed by atoms with Crippen molar-refractivity contribution in [1.82, 2.24) is 0 Å². The second-order valence-corrected chi connectivity index (χ2v) is 3.28. The minimum absolute atomic E-state index is 0. The summed E-state index contributed by atoms with van der Waals surface area (Å²) in [4.78, 5) is 0. The summed E-state index contributed by atoms with van der Waals surface area (Å²) in [6.45, 7) is 0. The van der Waals surface area contributed by atoms with E-state index >= 15 is 0 Å². The molecule has 1 aliphatic rings. The molecule has 0 fully saturated rings. The van der Waals surface area contributed by atoms with Crippen LogP contribution in [0.5, 0.6) is 0 Å². The van der Waals surface area contributed by atoms with Gasteiger partial charge in [-0.3, -0.25) is 0 Å². The average Bonchev–Trinajstić information content (AvgIpc) is 2.69. The molecule has 1 aliphatic carbocycles. The van der Waals surface area contributed by atoms with Crippen molar-refractivity contribution in [2.45, 2.75) is 12.8 Å². The van der Waals surface area contributed by atoms with Gasteiger partial charge < -0.3 is 0 Å². The monoisotopic (exact) mass is 177 g/mol. The number of hydrogen-bond donors (Lipinski definition) is 0. The zero-order chi connectivity index (χ0) is 8.93. The van der Waals surface area contributed by atoms with E-state index in [0.717, 1.165) is 12.8 Å². The standard InChI is InChI=1S/C13H13.Li.H/c1-2-6-12(7-3-1)10-11-13-8-4-5-9-13;;/h1-9H,10-11H2;;. The first-order valence-corrected chi connectivity index (χ1v) is 4.70. The van der Waals surface area contributed by atoms with Crippen molar-refractivity contribution in [2.24, 2.45) is 0 Å². The van der Waals surface area contributed by atoms with Gasteiger partial charge in [-0.05, 0) is 18.4 Å². The fourth-order valence-corrected chi connectivity index (χ4v) is 1.51. The van der Waals surface area contributed by atoms with E-state index in [0.29, 0.717) is 0 Å². The first-order valence-electron chi connectivity index (χ1n) is 4.70. The Hall–Kier alpha value is -0.703. The Morgan fingerprint density at radius 1 is 0.857 bits per heavy atom. The summed E-state index contributed by atoms with van der Waals surface area (Å²) in [5.41, 5.74) is 2.85. The Morgan fingerprint density at radius 2 is 1.64 bits per heavy atom. The fraction of sp³-hybridized carbons (Fsp3) is 0.154. The Bertz CT molecular complexity index is 322. The zero-order valence-electron chi connectivity index (χ0n) is 7.61. The van der Waals surface area contributed by atoms with Gasteiger partial charge in [0.05, 0.1) is 0 Å². The van der Waals surface area contributed by atoms with E-state index in [4.69, 9.17) is 0 Å². The van der Waals surface area contributed by atoms with Gasteiger partial charge in [-0.1, -0.05) is 54.1 Å². The Labute approximate surface area is 97.9 Å². The summed E-state index contributed by atoms with van der Waals surface area (Å²) < 4.78 is 0. The van der Waals surface area contributed by atoms with Gasteiger partial charge in [0.25, 0.3) is 0 Å². The van der Waals surface area contributed by atoms with Gasteiger partial charge in [-0.15, -0.1) is 0 Å². The number of hydrogen-bond acceptors (Lipinski definition) is 0. The molecule has 0 nitrogen and oxygen atoms in total. The molecule has 14 heavy (non-hydrogen) atoms. The van der Waals surface area contributed by atoms with E-state index in [2.05, 4.69) is 55.0 Å². The first-order chi connectivity index (χ1) is 6.45. The molecule has 0 bridgehead atoms. The predicted octanol–water partition coefficient (Wildman–Crippen LogP) is 2.67. The summed E-state index contributed by atoms with van der Waals surface area (Å²) in [7, 11) is 0. The molecule has 0 aromatic heterocycles. The number of aryl methyl sites for hydroxylation is 1. The molecule has 2 rings (SSSR count). The molecular weight excluding hydrogens is 163 g/mol. The van der Waals surface area contributed by atoms with Crippen molar-refractivity contribution >= 4 is 18.9 Å². The van der Waals surface area contributed by atoms with Crippen molar-refractivity contribution < 1.29 is 0 Å². The van der Waals surface area contributed by atoms with Gasteiger partial charge in [0.15, 0.2) is 0 Å². The van der Waals surface area contributed by atoms with Crippen LogP contribution in [-0.4, -0.2) is 18.9 Å². The molecule has 0 saturated heterocycles. The quantitative estimate of drug-likeness (QED) is 0.623. The van der Waals surface area contributed by atoms with Crippen LogP contribution in [0.15, 0.2) is 54.1 Å². The van der Waals surface area contributed by atoms with Crippen molar-refractivity contribution in [2.75, 3.05) is 0 Å². The second-order valence-electron chi connectivity index (χ2n) is 3.28. The molecule has 0 spiro atoms. The molecule has 1 aromatic carbocycles. The van der Waals surface area contributed by atoms with E-state index in [-0.39, 0.29) is 18.9 Å². The minimum atomic E-state index is 0. The van der Waals surface area contributed by atoms with Crippen LogP contribution in [0, 0.1) is 6.42 Å². The van der Waals surface area contributed by atoms with Crippen LogP contribution in [0.1, 0.15) is 12.0 Å². The van der Waals surface area contributed by atoms with Crippen LogP contribution in [0.4, 0.5) is 0 Å². The first kappa shape index (κ1) is 11.4. The van der Waals surface area contributed by atoms with Crippen molar-refractivity contribution in [1.29, 1.82) is 0 Å². The van der Waals surface area contributed by atoms with Crippen LogP contribution in [-0.2, 0) is 6.42 Å². The van der Waals surface area contributed by atoms with Crippen LogP contribution in [0.3, 0.4) is 0 Å². The van der Waals surface area contributed by atoms with Gasteiger partial charge in [0, 0.05) is 6.42 Å². The summed E-state index contributed by atoms with van der Waals surface area (Å²) in [6.07, 6.45) is 10.9. The Morgan fingerprint density at radius 3 is 2.29 bits per heavy atom. The van der Waals surface area contributed by atoms with Gasteiger partial charge in [-0.25, -0.2) is 0 Å². The number of allylic oxidation sites excluding steroid dienone is 4. The Kier molecular flexibility index (Phi) is 4.80. The fourth-order valence-electron chi connectivity index (χ4n) is 1.51. The summed E-state index contributed by atoms with van der Waals surface area (Å²) in [6, 6.07) is 10.6.